The van der Waals surface area contributed by atoms with E-state index in [1.54, 1.807) is 12.1 Å². The maximum Gasteiger partial charge on any atom is 0.115 e. The highest BCUT2D eigenvalue weighted by Gasteiger charge is 2.12. The summed E-state index contributed by atoms with van der Waals surface area (Å²) >= 11 is 0. The molecule has 0 saturated heterocycles. The molecule has 66 valence electrons. The molecule has 0 radical (unpaired) electrons. The fourth-order valence-electron chi connectivity index (χ4n) is 0.950. The number of hydrogen-bond donors (Lipinski definition) is 3. The molecule has 1 aromatic rings. The molecule has 0 bridgehead atoms. The Labute approximate surface area is 70.9 Å². The van der Waals surface area contributed by atoms with Gasteiger partial charge in [0.1, 0.15) is 11.9 Å². The highest BCUT2D eigenvalue weighted by molar-refractivity contribution is 5.27. The smallest absolute Gasteiger partial charge is 0.115 e. The number of phenolic OH excluding ortho intramolecular Hbond substituents is 1. The summed E-state index contributed by atoms with van der Waals surface area (Å²) in [7, 11) is 0. The van der Waals surface area contributed by atoms with Gasteiger partial charge in [0.25, 0.3) is 0 Å². The predicted molar refractivity (Wildman–Crippen MR) is 44.7 cm³/mol. The lowest BCUT2D eigenvalue weighted by Crippen LogP contribution is -2.13. The van der Waals surface area contributed by atoms with Crippen LogP contribution in [0.2, 0.25) is 0 Å². The van der Waals surface area contributed by atoms with E-state index in [0.717, 1.165) is 0 Å². The van der Waals surface area contributed by atoms with Crippen LogP contribution in [0.1, 0.15) is 18.6 Å². The Morgan fingerprint density at radius 2 is 1.58 bits per heavy atom. The fourth-order valence-corrected chi connectivity index (χ4v) is 0.950. The van der Waals surface area contributed by atoms with Crippen molar-refractivity contribution in [2.75, 3.05) is 0 Å². The van der Waals surface area contributed by atoms with Crippen molar-refractivity contribution in [3.8, 4) is 5.75 Å². The molecule has 3 heteroatoms. The van der Waals surface area contributed by atoms with Crippen molar-refractivity contribution in [2.45, 2.75) is 19.1 Å². The number of aliphatic hydroxyl groups excluding tert-OH is 2. The first-order valence-corrected chi connectivity index (χ1v) is 3.76. The molecule has 0 heterocycles. The van der Waals surface area contributed by atoms with Gasteiger partial charge in [-0.2, -0.15) is 0 Å². The van der Waals surface area contributed by atoms with E-state index in [0.29, 0.717) is 5.56 Å². The molecule has 0 aliphatic heterocycles. The average Bonchev–Trinajstić information content (AvgIpc) is 2.04. The van der Waals surface area contributed by atoms with Crippen LogP contribution in [0.4, 0.5) is 0 Å². The van der Waals surface area contributed by atoms with E-state index in [2.05, 4.69) is 0 Å². The molecule has 0 amide bonds. The Morgan fingerprint density at radius 1 is 1.08 bits per heavy atom. The Balaban J connectivity index is 2.82. The molecule has 0 spiro atoms. The van der Waals surface area contributed by atoms with Gasteiger partial charge in [0, 0.05) is 0 Å². The summed E-state index contributed by atoms with van der Waals surface area (Å²) in [6.45, 7) is 1.51. The Hall–Kier alpha value is -1.06. The maximum absolute atomic E-state index is 9.36. The lowest BCUT2D eigenvalue weighted by molar-refractivity contribution is 0.0305. The lowest BCUT2D eigenvalue weighted by atomic mass is 10.1. The highest BCUT2D eigenvalue weighted by atomic mass is 16.3. The molecule has 1 rings (SSSR count). The molecule has 0 aromatic heterocycles. The van der Waals surface area contributed by atoms with Gasteiger partial charge in [-0.05, 0) is 24.6 Å². The minimum absolute atomic E-state index is 0.150. The summed E-state index contributed by atoms with van der Waals surface area (Å²) in [5, 5.41) is 27.3. The summed E-state index contributed by atoms with van der Waals surface area (Å²) < 4.78 is 0. The first-order valence-electron chi connectivity index (χ1n) is 3.76. The molecule has 3 nitrogen and oxygen atoms in total. The van der Waals surface area contributed by atoms with Crippen LogP contribution >= 0.6 is 0 Å². The van der Waals surface area contributed by atoms with Gasteiger partial charge in [0.05, 0.1) is 6.10 Å². The van der Waals surface area contributed by atoms with Crippen molar-refractivity contribution in [1.29, 1.82) is 0 Å². The number of benzene rings is 1. The van der Waals surface area contributed by atoms with Crippen molar-refractivity contribution in [3.05, 3.63) is 29.8 Å². The minimum atomic E-state index is -0.884. The Kier molecular flexibility index (Phi) is 2.68. The van der Waals surface area contributed by atoms with Gasteiger partial charge in [-0.25, -0.2) is 0 Å². The van der Waals surface area contributed by atoms with E-state index in [4.69, 9.17) is 10.2 Å². The standard InChI is InChI=1S/C9H12O3/c1-6(10)9(12)7-2-4-8(11)5-3-7/h2-6,9-12H,1H3/t6-,9-/m0/s1. The van der Waals surface area contributed by atoms with Crippen LogP contribution < -0.4 is 0 Å². The number of hydrogen-bond acceptors (Lipinski definition) is 3. The van der Waals surface area contributed by atoms with Gasteiger partial charge in [-0.3, -0.25) is 0 Å². The minimum Gasteiger partial charge on any atom is -0.508 e. The van der Waals surface area contributed by atoms with Gasteiger partial charge >= 0.3 is 0 Å². The van der Waals surface area contributed by atoms with E-state index in [9.17, 15) is 5.11 Å². The first kappa shape index (κ1) is 9.03. The van der Waals surface area contributed by atoms with Crippen LogP contribution in [0.5, 0.6) is 5.75 Å². The highest BCUT2D eigenvalue weighted by Crippen LogP contribution is 2.18. The number of aromatic hydroxyl groups is 1. The average molecular weight is 168 g/mol. The second kappa shape index (κ2) is 3.56. The quantitative estimate of drug-likeness (QED) is 0.612. The van der Waals surface area contributed by atoms with Crippen LogP contribution in [0.15, 0.2) is 24.3 Å². The van der Waals surface area contributed by atoms with Crippen LogP contribution in [0, 0.1) is 0 Å². The zero-order valence-corrected chi connectivity index (χ0v) is 6.81. The molecule has 0 fully saturated rings. The molecule has 12 heavy (non-hydrogen) atoms. The third-order valence-electron chi connectivity index (χ3n) is 1.69. The third-order valence-corrected chi connectivity index (χ3v) is 1.69. The van der Waals surface area contributed by atoms with Crippen molar-refractivity contribution < 1.29 is 15.3 Å². The van der Waals surface area contributed by atoms with Gasteiger partial charge in [0.15, 0.2) is 0 Å². The SMILES string of the molecule is C[C@H](O)[C@H](O)c1ccc(O)cc1. The second-order valence-corrected chi connectivity index (χ2v) is 2.78. The predicted octanol–water partition coefficient (Wildman–Crippen LogP) is 0.806. The van der Waals surface area contributed by atoms with Gasteiger partial charge in [-0.15, -0.1) is 0 Å². The molecule has 0 aliphatic rings. The zero-order chi connectivity index (χ0) is 9.14. The lowest BCUT2D eigenvalue weighted by Gasteiger charge is -2.13. The molecule has 1 aromatic carbocycles. The first-order chi connectivity index (χ1) is 5.61. The third kappa shape index (κ3) is 1.96. The van der Waals surface area contributed by atoms with E-state index in [-0.39, 0.29) is 5.75 Å². The van der Waals surface area contributed by atoms with Crippen LogP contribution in [-0.2, 0) is 0 Å². The van der Waals surface area contributed by atoms with E-state index in [1.165, 1.54) is 19.1 Å². The topological polar surface area (TPSA) is 60.7 Å². The van der Waals surface area contributed by atoms with Crippen molar-refractivity contribution in [2.24, 2.45) is 0 Å². The molecule has 0 saturated carbocycles. The van der Waals surface area contributed by atoms with Crippen LogP contribution in [0.3, 0.4) is 0 Å². The van der Waals surface area contributed by atoms with E-state index >= 15 is 0 Å². The zero-order valence-electron chi connectivity index (χ0n) is 6.81. The number of aliphatic hydroxyl groups is 2. The molecule has 2 atom stereocenters. The van der Waals surface area contributed by atoms with E-state index in [1.807, 2.05) is 0 Å². The summed E-state index contributed by atoms with van der Waals surface area (Å²) in [5.74, 6) is 0.150. The largest absolute Gasteiger partial charge is 0.508 e. The monoisotopic (exact) mass is 168 g/mol. The van der Waals surface area contributed by atoms with Gasteiger partial charge < -0.3 is 15.3 Å². The molecule has 0 unspecified atom stereocenters. The second-order valence-electron chi connectivity index (χ2n) is 2.78. The molecular weight excluding hydrogens is 156 g/mol. The van der Waals surface area contributed by atoms with Crippen molar-refractivity contribution >= 4 is 0 Å². The van der Waals surface area contributed by atoms with Crippen molar-refractivity contribution in [3.63, 3.8) is 0 Å². The normalized spacial score (nSPS) is 15.6. The Bertz CT molecular complexity index is 240. The summed E-state index contributed by atoms with van der Waals surface area (Å²) in [4.78, 5) is 0. The van der Waals surface area contributed by atoms with Gasteiger partial charge in [0.2, 0.25) is 0 Å². The van der Waals surface area contributed by atoms with Gasteiger partial charge in [-0.1, -0.05) is 12.1 Å². The Morgan fingerprint density at radius 3 is 2.00 bits per heavy atom. The maximum atomic E-state index is 9.36. The van der Waals surface area contributed by atoms with Crippen LogP contribution in [-0.4, -0.2) is 21.4 Å². The fraction of sp³-hybridized carbons (Fsp3) is 0.333. The molecule has 0 aliphatic carbocycles. The van der Waals surface area contributed by atoms with E-state index < -0.39 is 12.2 Å². The number of rotatable bonds is 2. The number of phenols is 1. The van der Waals surface area contributed by atoms with Crippen molar-refractivity contribution in [1.82, 2.24) is 0 Å². The summed E-state index contributed by atoms with van der Waals surface area (Å²) in [6, 6.07) is 6.10. The summed E-state index contributed by atoms with van der Waals surface area (Å²) in [5.41, 5.74) is 0.600. The molecule has 3 N–H and O–H groups in total. The van der Waals surface area contributed by atoms with Crippen LogP contribution in [0.25, 0.3) is 0 Å². The molecular formula is C9H12O3. The summed E-state index contributed by atoms with van der Waals surface area (Å²) in [6.07, 6.45) is -1.68.